The predicted molar refractivity (Wildman–Crippen MR) is 76.1 cm³/mol. The summed E-state index contributed by atoms with van der Waals surface area (Å²) in [4.78, 5) is 31.2. The first-order chi connectivity index (χ1) is 9.58. The molecular weight excluding hydrogens is 254 g/mol. The number of nitrogens with zero attached hydrogens (tertiary/aromatic N) is 3. The van der Waals surface area contributed by atoms with Gasteiger partial charge in [0.1, 0.15) is 0 Å². The fourth-order valence-electron chi connectivity index (χ4n) is 2.45. The maximum absolute atomic E-state index is 12.3. The number of hydrogen-bond donors (Lipinski definition) is 0. The Hall–Kier alpha value is -1.91. The zero-order chi connectivity index (χ0) is 14.5. The largest absolute Gasteiger partial charge is 0.339 e. The number of aromatic nitrogens is 1. The monoisotopic (exact) mass is 275 g/mol. The fourth-order valence-corrected chi connectivity index (χ4v) is 2.45. The van der Waals surface area contributed by atoms with Crippen molar-refractivity contribution >= 4 is 11.8 Å². The Morgan fingerprint density at radius 2 is 1.90 bits per heavy atom. The number of carbonyl (C=O) groups excluding carboxylic acids is 2. The van der Waals surface area contributed by atoms with Gasteiger partial charge < -0.3 is 9.80 Å². The van der Waals surface area contributed by atoms with Crippen LogP contribution in [0.3, 0.4) is 0 Å². The molecule has 1 aromatic heterocycles. The summed E-state index contributed by atoms with van der Waals surface area (Å²) >= 11 is 0. The van der Waals surface area contributed by atoms with Gasteiger partial charge in [-0.1, -0.05) is 13.0 Å². The summed E-state index contributed by atoms with van der Waals surface area (Å²) in [6.45, 7) is 6.17. The van der Waals surface area contributed by atoms with Crippen molar-refractivity contribution in [3.63, 3.8) is 0 Å². The highest BCUT2D eigenvalue weighted by Gasteiger charge is 2.23. The molecule has 0 aliphatic carbocycles. The van der Waals surface area contributed by atoms with Crippen LogP contribution in [0.25, 0.3) is 0 Å². The molecule has 0 bridgehead atoms. The molecule has 0 saturated carbocycles. The molecule has 1 saturated heterocycles. The molecule has 1 aromatic rings. The van der Waals surface area contributed by atoms with E-state index in [0.717, 1.165) is 5.56 Å². The van der Waals surface area contributed by atoms with Crippen LogP contribution < -0.4 is 0 Å². The molecule has 1 aliphatic rings. The average Bonchev–Trinajstić information content (AvgIpc) is 2.48. The maximum atomic E-state index is 12.3. The summed E-state index contributed by atoms with van der Waals surface area (Å²) in [6.07, 6.45) is 4.04. The maximum Gasteiger partial charge on any atom is 0.223 e. The number of pyridine rings is 1. The van der Waals surface area contributed by atoms with Crippen molar-refractivity contribution in [1.82, 2.24) is 14.8 Å². The molecule has 2 amide bonds. The van der Waals surface area contributed by atoms with Crippen molar-refractivity contribution in [3.05, 3.63) is 30.1 Å². The van der Waals surface area contributed by atoms with E-state index in [2.05, 4.69) is 4.98 Å². The van der Waals surface area contributed by atoms with E-state index in [4.69, 9.17) is 0 Å². The van der Waals surface area contributed by atoms with Gasteiger partial charge in [0.15, 0.2) is 0 Å². The molecule has 0 radical (unpaired) electrons. The highest BCUT2D eigenvalue weighted by atomic mass is 16.2. The average molecular weight is 275 g/mol. The lowest BCUT2D eigenvalue weighted by molar-refractivity contribution is -0.138. The number of hydrogen-bond acceptors (Lipinski definition) is 3. The van der Waals surface area contributed by atoms with Crippen LogP contribution in [0, 0.1) is 0 Å². The van der Waals surface area contributed by atoms with E-state index < -0.39 is 0 Å². The third-order valence-electron chi connectivity index (χ3n) is 3.81. The van der Waals surface area contributed by atoms with Crippen molar-refractivity contribution < 1.29 is 9.59 Å². The second-order valence-electron chi connectivity index (χ2n) is 5.28. The summed E-state index contributed by atoms with van der Waals surface area (Å²) in [5.74, 6) is 0.410. The molecule has 20 heavy (non-hydrogen) atoms. The molecule has 2 rings (SSSR count). The van der Waals surface area contributed by atoms with Crippen LogP contribution in [-0.4, -0.2) is 52.8 Å². The molecule has 1 atom stereocenters. The Bertz CT molecular complexity index is 467. The second-order valence-corrected chi connectivity index (χ2v) is 5.28. The third-order valence-corrected chi connectivity index (χ3v) is 3.81. The molecule has 1 fully saturated rings. The minimum absolute atomic E-state index is 0.0841. The Morgan fingerprint density at radius 3 is 2.45 bits per heavy atom. The van der Waals surface area contributed by atoms with Crippen molar-refractivity contribution in [3.8, 4) is 0 Å². The highest BCUT2D eigenvalue weighted by molar-refractivity contribution is 5.78. The van der Waals surface area contributed by atoms with Crippen LogP contribution in [0.5, 0.6) is 0 Å². The van der Waals surface area contributed by atoms with Crippen molar-refractivity contribution in [1.29, 1.82) is 0 Å². The van der Waals surface area contributed by atoms with E-state index >= 15 is 0 Å². The molecular formula is C15H21N3O2. The predicted octanol–water partition coefficient (Wildman–Crippen LogP) is 1.27. The van der Waals surface area contributed by atoms with Gasteiger partial charge in [-0.2, -0.15) is 0 Å². The van der Waals surface area contributed by atoms with Crippen LogP contribution >= 0.6 is 0 Å². The Kier molecular flexibility index (Phi) is 4.71. The molecule has 5 heteroatoms. The number of carbonyl (C=O) groups is 2. The minimum atomic E-state index is 0.0841. The van der Waals surface area contributed by atoms with E-state index in [1.54, 1.807) is 18.0 Å². The topological polar surface area (TPSA) is 53.5 Å². The van der Waals surface area contributed by atoms with E-state index in [9.17, 15) is 9.59 Å². The number of piperazine rings is 1. The first-order valence-corrected chi connectivity index (χ1v) is 7.01. The zero-order valence-electron chi connectivity index (χ0n) is 12.1. The summed E-state index contributed by atoms with van der Waals surface area (Å²) < 4.78 is 0. The summed E-state index contributed by atoms with van der Waals surface area (Å²) in [5, 5.41) is 0. The van der Waals surface area contributed by atoms with Crippen molar-refractivity contribution in [2.45, 2.75) is 26.2 Å². The van der Waals surface area contributed by atoms with E-state index in [1.807, 2.05) is 30.2 Å². The van der Waals surface area contributed by atoms with Crippen molar-refractivity contribution in [2.24, 2.45) is 0 Å². The van der Waals surface area contributed by atoms with Crippen LogP contribution in [-0.2, 0) is 9.59 Å². The van der Waals surface area contributed by atoms with Gasteiger partial charge in [-0.25, -0.2) is 0 Å². The summed E-state index contributed by atoms with van der Waals surface area (Å²) in [5.41, 5.74) is 1.09. The Labute approximate surface area is 119 Å². The van der Waals surface area contributed by atoms with E-state index in [0.29, 0.717) is 32.6 Å². The van der Waals surface area contributed by atoms with Gasteiger partial charge in [-0.3, -0.25) is 14.6 Å². The smallest absolute Gasteiger partial charge is 0.223 e. The van der Waals surface area contributed by atoms with Gasteiger partial charge in [0.25, 0.3) is 0 Å². The quantitative estimate of drug-likeness (QED) is 0.834. The standard InChI is InChI=1S/C15H21N3O2/c1-12(14-4-3-5-16-11-14)10-15(20)18-8-6-17(7-9-18)13(2)19/h3-5,11-12H,6-10H2,1-2H3. The summed E-state index contributed by atoms with van der Waals surface area (Å²) in [7, 11) is 0. The van der Waals surface area contributed by atoms with Gasteiger partial charge in [0.05, 0.1) is 0 Å². The third kappa shape index (κ3) is 3.56. The van der Waals surface area contributed by atoms with Gasteiger partial charge in [0, 0.05) is 51.9 Å². The van der Waals surface area contributed by atoms with E-state index in [1.165, 1.54) is 0 Å². The Morgan fingerprint density at radius 1 is 1.25 bits per heavy atom. The SMILES string of the molecule is CC(=O)N1CCN(C(=O)CC(C)c2cccnc2)CC1. The highest BCUT2D eigenvalue weighted by Crippen LogP contribution is 2.19. The van der Waals surface area contributed by atoms with Gasteiger partial charge in [0.2, 0.25) is 11.8 Å². The van der Waals surface area contributed by atoms with E-state index in [-0.39, 0.29) is 17.7 Å². The Balaban J connectivity index is 1.85. The minimum Gasteiger partial charge on any atom is -0.339 e. The lowest BCUT2D eigenvalue weighted by atomic mass is 9.99. The first kappa shape index (κ1) is 14.5. The van der Waals surface area contributed by atoms with Crippen LogP contribution in [0.1, 0.15) is 31.7 Å². The zero-order valence-corrected chi connectivity index (χ0v) is 12.1. The number of rotatable bonds is 3. The summed E-state index contributed by atoms with van der Waals surface area (Å²) in [6, 6.07) is 3.89. The van der Waals surface area contributed by atoms with Crippen LogP contribution in [0.2, 0.25) is 0 Å². The molecule has 108 valence electrons. The van der Waals surface area contributed by atoms with Crippen LogP contribution in [0.4, 0.5) is 0 Å². The lowest BCUT2D eigenvalue weighted by Gasteiger charge is -2.34. The first-order valence-electron chi connectivity index (χ1n) is 7.01. The second kappa shape index (κ2) is 6.50. The van der Waals surface area contributed by atoms with Crippen molar-refractivity contribution in [2.75, 3.05) is 26.2 Å². The molecule has 0 N–H and O–H groups in total. The molecule has 1 aliphatic heterocycles. The molecule has 1 unspecified atom stereocenters. The molecule has 0 aromatic carbocycles. The number of amides is 2. The molecule has 0 spiro atoms. The normalized spacial score (nSPS) is 16.9. The molecule has 5 nitrogen and oxygen atoms in total. The van der Waals surface area contributed by atoms with Gasteiger partial charge in [-0.05, 0) is 17.5 Å². The van der Waals surface area contributed by atoms with Gasteiger partial charge in [-0.15, -0.1) is 0 Å². The fraction of sp³-hybridized carbons (Fsp3) is 0.533. The van der Waals surface area contributed by atoms with Gasteiger partial charge >= 0.3 is 0 Å². The molecule has 2 heterocycles. The lowest BCUT2D eigenvalue weighted by Crippen LogP contribution is -2.50. The van der Waals surface area contributed by atoms with Crippen LogP contribution in [0.15, 0.2) is 24.5 Å².